The zero-order valence-corrected chi connectivity index (χ0v) is 7.84. The monoisotopic (exact) mass is 198 g/mol. The highest BCUT2D eigenvalue weighted by Gasteiger charge is 2.15. The molecule has 4 heteroatoms. The van der Waals surface area contributed by atoms with Gasteiger partial charge in [-0.1, -0.05) is 6.07 Å². The van der Waals surface area contributed by atoms with Crippen molar-refractivity contribution >= 4 is 10.1 Å². The van der Waals surface area contributed by atoms with Gasteiger partial charge in [-0.25, -0.2) is 0 Å². The van der Waals surface area contributed by atoms with E-state index >= 15 is 0 Å². The second kappa shape index (κ2) is 2.82. The molecule has 1 N–H and O–H groups in total. The van der Waals surface area contributed by atoms with Gasteiger partial charge in [0.25, 0.3) is 10.1 Å². The van der Waals surface area contributed by atoms with Crippen molar-refractivity contribution in [3.05, 3.63) is 29.3 Å². The molecular formula is C9H10O3S. The van der Waals surface area contributed by atoms with Gasteiger partial charge in [0.2, 0.25) is 0 Å². The van der Waals surface area contributed by atoms with E-state index in [2.05, 4.69) is 0 Å². The lowest BCUT2D eigenvalue weighted by molar-refractivity contribution is 0.483. The van der Waals surface area contributed by atoms with Crippen molar-refractivity contribution in [2.24, 2.45) is 0 Å². The van der Waals surface area contributed by atoms with Gasteiger partial charge in [0.05, 0.1) is 4.90 Å². The number of rotatable bonds is 1. The number of hydrogen-bond donors (Lipinski definition) is 1. The van der Waals surface area contributed by atoms with Crippen LogP contribution in [0.4, 0.5) is 0 Å². The summed E-state index contributed by atoms with van der Waals surface area (Å²) < 4.78 is 30.4. The first-order valence-electron chi connectivity index (χ1n) is 4.17. The van der Waals surface area contributed by atoms with Crippen molar-refractivity contribution in [1.29, 1.82) is 0 Å². The van der Waals surface area contributed by atoms with Crippen molar-refractivity contribution in [3.63, 3.8) is 0 Å². The summed E-state index contributed by atoms with van der Waals surface area (Å²) in [6, 6.07) is 4.81. The van der Waals surface area contributed by atoms with Crippen molar-refractivity contribution in [3.8, 4) is 0 Å². The Kier molecular flexibility index (Phi) is 1.89. The minimum Gasteiger partial charge on any atom is -0.282 e. The highest BCUT2D eigenvalue weighted by Crippen LogP contribution is 2.24. The quantitative estimate of drug-likeness (QED) is 0.694. The Morgan fingerprint density at radius 1 is 1.15 bits per heavy atom. The topological polar surface area (TPSA) is 54.4 Å². The summed E-state index contributed by atoms with van der Waals surface area (Å²) in [6.45, 7) is 0. The van der Waals surface area contributed by atoms with Crippen LogP contribution in [0.25, 0.3) is 0 Å². The Balaban J connectivity index is 2.54. The van der Waals surface area contributed by atoms with Crippen LogP contribution in [0.15, 0.2) is 23.1 Å². The third-order valence-electron chi connectivity index (χ3n) is 2.37. The smallest absolute Gasteiger partial charge is 0.282 e. The first-order chi connectivity index (χ1) is 6.07. The average molecular weight is 198 g/mol. The van der Waals surface area contributed by atoms with E-state index in [0.29, 0.717) is 0 Å². The fraction of sp³-hybridized carbons (Fsp3) is 0.333. The molecule has 0 fully saturated rings. The standard InChI is InChI=1S/C9H10O3S/c10-13(11,12)9-5-4-7-2-1-3-8(7)6-9/h4-6H,1-3H2,(H,10,11,12). The maximum atomic E-state index is 10.8. The van der Waals surface area contributed by atoms with Crippen LogP contribution in [-0.2, 0) is 23.0 Å². The van der Waals surface area contributed by atoms with Crippen LogP contribution >= 0.6 is 0 Å². The van der Waals surface area contributed by atoms with Gasteiger partial charge >= 0.3 is 0 Å². The van der Waals surface area contributed by atoms with Crippen molar-refractivity contribution in [2.75, 3.05) is 0 Å². The molecule has 1 aliphatic carbocycles. The second-order valence-electron chi connectivity index (χ2n) is 3.26. The van der Waals surface area contributed by atoms with Crippen LogP contribution in [0.5, 0.6) is 0 Å². The Labute approximate surface area is 77.1 Å². The van der Waals surface area contributed by atoms with E-state index in [-0.39, 0.29) is 4.90 Å². The summed E-state index contributed by atoms with van der Waals surface area (Å²) in [6.07, 6.45) is 3.00. The van der Waals surface area contributed by atoms with Gasteiger partial charge in [0.1, 0.15) is 0 Å². The van der Waals surface area contributed by atoms with E-state index in [1.807, 2.05) is 0 Å². The highest BCUT2D eigenvalue weighted by atomic mass is 32.2. The molecule has 0 radical (unpaired) electrons. The van der Waals surface area contributed by atoms with Crippen molar-refractivity contribution < 1.29 is 13.0 Å². The van der Waals surface area contributed by atoms with Gasteiger partial charge in [-0.2, -0.15) is 8.42 Å². The number of fused-ring (bicyclic) bond motifs is 1. The summed E-state index contributed by atoms with van der Waals surface area (Å²) in [5, 5.41) is 0. The third-order valence-corrected chi connectivity index (χ3v) is 3.22. The molecule has 1 aliphatic rings. The van der Waals surface area contributed by atoms with Gasteiger partial charge in [0.15, 0.2) is 0 Å². The van der Waals surface area contributed by atoms with E-state index in [9.17, 15) is 8.42 Å². The zero-order chi connectivity index (χ0) is 9.47. The summed E-state index contributed by atoms with van der Waals surface area (Å²) in [4.78, 5) is 0.00755. The minimum absolute atomic E-state index is 0.00755. The zero-order valence-electron chi connectivity index (χ0n) is 7.03. The van der Waals surface area contributed by atoms with E-state index in [1.165, 1.54) is 11.6 Å². The van der Waals surface area contributed by atoms with E-state index < -0.39 is 10.1 Å². The fourth-order valence-electron chi connectivity index (χ4n) is 1.71. The SMILES string of the molecule is O=S(=O)(O)c1ccc2c(c1)CCC2. The number of aryl methyl sites for hydroxylation is 2. The molecular weight excluding hydrogens is 188 g/mol. The summed E-state index contributed by atoms with van der Waals surface area (Å²) in [5.41, 5.74) is 2.25. The average Bonchev–Trinajstić information content (AvgIpc) is 2.47. The summed E-state index contributed by atoms with van der Waals surface area (Å²) in [5.74, 6) is 0. The largest absolute Gasteiger partial charge is 0.294 e. The van der Waals surface area contributed by atoms with E-state index in [0.717, 1.165) is 24.8 Å². The highest BCUT2D eigenvalue weighted by molar-refractivity contribution is 7.85. The molecule has 1 aromatic rings. The molecule has 1 aromatic carbocycles. The second-order valence-corrected chi connectivity index (χ2v) is 4.68. The molecule has 3 nitrogen and oxygen atoms in total. The molecule has 0 saturated carbocycles. The molecule has 0 atom stereocenters. The molecule has 0 saturated heterocycles. The molecule has 2 rings (SSSR count). The lowest BCUT2D eigenvalue weighted by atomic mass is 10.1. The molecule has 0 spiro atoms. The van der Waals surface area contributed by atoms with Crippen molar-refractivity contribution in [2.45, 2.75) is 24.2 Å². The first kappa shape index (κ1) is 8.72. The normalized spacial score (nSPS) is 15.8. The van der Waals surface area contributed by atoms with Crippen LogP contribution in [0.1, 0.15) is 17.5 Å². The lowest BCUT2D eigenvalue weighted by Gasteiger charge is -2.01. The lowest BCUT2D eigenvalue weighted by Crippen LogP contribution is -1.98. The maximum absolute atomic E-state index is 10.8. The summed E-state index contributed by atoms with van der Waals surface area (Å²) in [7, 11) is -4.02. The van der Waals surface area contributed by atoms with Gasteiger partial charge < -0.3 is 0 Å². The molecule has 0 heterocycles. The van der Waals surface area contributed by atoms with Gasteiger partial charge in [0, 0.05) is 0 Å². The van der Waals surface area contributed by atoms with E-state index in [1.54, 1.807) is 12.1 Å². The number of hydrogen-bond acceptors (Lipinski definition) is 2. The fourth-order valence-corrected chi connectivity index (χ4v) is 2.24. The molecule has 0 aromatic heterocycles. The number of benzene rings is 1. The Morgan fingerprint density at radius 3 is 2.54 bits per heavy atom. The molecule has 0 aliphatic heterocycles. The Morgan fingerprint density at radius 2 is 1.85 bits per heavy atom. The first-order valence-corrected chi connectivity index (χ1v) is 5.61. The third kappa shape index (κ3) is 1.59. The molecule has 70 valence electrons. The van der Waals surface area contributed by atoms with E-state index in [4.69, 9.17) is 4.55 Å². The van der Waals surface area contributed by atoms with Crippen LogP contribution in [-0.4, -0.2) is 13.0 Å². The van der Waals surface area contributed by atoms with Gasteiger partial charge in [-0.15, -0.1) is 0 Å². The summed E-state index contributed by atoms with van der Waals surface area (Å²) >= 11 is 0. The van der Waals surface area contributed by atoms with Crippen LogP contribution in [0.3, 0.4) is 0 Å². The van der Waals surface area contributed by atoms with Gasteiger partial charge in [-0.05, 0) is 42.5 Å². The van der Waals surface area contributed by atoms with Crippen LogP contribution in [0.2, 0.25) is 0 Å². The molecule has 13 heavy (non-hydrogen) atoms. The Bertz CT molecular complexity index is 434. The van der Waals surface area contributed by atoms with Crippen LogP contribution < -0.4 is 0 Å². The molecule has 0 amide bonds. The predicted octanol–water partition coefficient (Wildman–Crippen LogP) is 1.42. The Hall–Kier alpha value is -0.870. The van der Waals surface area contributed by atoms with Crippen LogP contribution in [0, 0.1) is 0 Å². The predicted molar refractivity (Wildman–Crippen MR) is 48.3 cm³/mol. The maximum Gasteiger partial charge on any atom is 0.294 e. The minimum atomic E-state index is -4.02. The van der Waals surface area contributed by atoms with Crippen molar-refractivity contribution in [1.82, 2.24) is 0 Å². The molecule has 0 bridgehead atoms. The van der Waals surface area contributed by atoms with Gasteiger partial charge in [-0.3, -0.25) is 4.55 Å². The molecule has 0 unspecified atom stereocenters.